The van der Waals surface area contributed by atoms with Gasteiger partial charge in [-0.25, -0.2) is 19.7 Å². The molecule has 3 aromatic heterocycles. The lowest BCUT2D eigenvalue weighted by Gasteiger charge is -2.17. The predicted octanol–water partition coefficient (Wildman–Crippen LogP) is 6.68. The van der Waals surface area contributed by atoms with Gasteiger partial charge in [-0.3, -0.25) is 0 Å². The average Bonchev–Trinajstić information content (AvgIpc) is 3.52. The monoisotopic (exact) mass is 537 g/mol. The number of rotatable bonds is 7. The Morgan fingerprint density at radius 3 is 2.58 bits per heavy atom. The summed E-state index contributed by atoms with van der Waals surface area (Å²) in [6.45, 7) is 2.21. The molecule has 2 aromatic carbocycles. The first-order valence-electron chi connectivity index (χ1n) is 12.1. The zero-order valence-electron chi connectivity index (χ0n) is 20.2. The zero-order valence-corrected chi connectivity index (χ0v) is 21.0. The van der Waals surface area contributed by atoms with Crippen molar-refractivity contribution in [3.05, 3.63) is 70.9 Å². The first-order valence-corrected chi connectivity index (χ1v) is 13.0. The second-order valence-electron chi connectivity index (χ2n) is 9.53. The quantitative estimate of drug-likeness (QED) is 0.241. The van der Waals surface area contributed by atoms with Crippen molar-refractivity contribution in [1.82, 2.24) is 19.5 Å². The third kappa shape index (κ3) is 4.58. The van der Waals surface area contributed by atoms with Crippen LogP contribution in [-0.2, 0) is 12.7 Å². The molecule has 6 rings (SSSR count). The van der Waals surface area contributed by atoms with Crippen molar-refractivity contribution in [2.24, 2.45) is 5.92 Å². The summed E-state index contributed by atoms with van der Waals surface area (Å²) >= 11 is 1.61. The summed E-state index contributed by atoms with van der Waals surface area (Å²) in [5.41, 5.74) is 1.38. The number of hydrogen-bond donors (Lipinski definition) is 2. The van der Waals surface area contributed by atoms with E-state index < -0.39 is 17.7 Å². The van der Waals surface area contributed by atoms with Gasteiger partial charge in [0, 0.05) is 22.8 Å². The van der Waals surface area contributed by atoms with E-state index in [1.54, 1.807) is 11.3 Å². The summed E-state index contributed by atoms with van der Waals surface area (Å²) in [6.07, 6.45) is -2.28. The van der Waals surface area contributed by atoms with Gasteiger partial charge in [0.15, 0.2) is 11.5 Å². The van der Waals surface area contributed by atoms with Gasteiger partial charge in [0.05, 0.1) is 5.56 Å². The van der Waals surface area contributed by atoms with Crippen LogP contribution < -0.4 is 5.32 Å². The minimum Gasteiger partial charge on any atom is -0.475 e. The number of hydrogen-bond acceptors (Lipinski definition) is 6. The third-order valence-electron chi connectivity index (χ3n) is 6.82. The number of fused-ring (bicyclic) bond motifs is 2. The summed E-state index contributed by atoms with van der Waals surface area (Å²) in [4.78, 5) is 25.1. The Morgan fingerprint density at radius 2 is 1.89 bits per heavy atom. The molecule has 0 spiro atoms. The maximum Gasteiger partial charge on any atom is 0.416 e. The molecule has 0 aliphatic heterocycles. The van der Waals surface area contributed by atoms with Crippen LogP contribution in [0.3, 0.4) is 0 Å². The molecule has 3 heterocycles. The minimum atomic E-state index is -4.43. The molecule has 0 saturated heterocycles. The van der Waals surface area contributed by atoms with Crippen LogP contribution in [0.5, 0.6) is 0 Å². The lowest BCUT2D eigenvalue weighted by atomic mass is 10.1. The molecule has 0 bridgehead atoms. The number of halogens is 3. The molecule has 1 aliphatic rings. The number of alkyl halides is 3. The van der Waals surface area contributed by atoms with E-state index in [0.29, 0.717) is 28.6 Å². The van der Waals surface area contributed by atoms with Crippen LogP contribution in [0.2, 0.25) is 0 Å². The molecule has 11 heteroatoms. The lowest BCUT2D eigenvalue weighted by Crippen LogP contribution is -2.20. The van der Waals surface area contributed by atoms with Gasteiger partial charge in [-0.15, -0.1) is 11.3 Å². The number of aromatic nitrogens is 4. The maximum absolute atomic E-state index is 13.2. The summed E-state index contributed by atoms with van der Waals surface area (Å²) in [5, 5.41) is 16.0. The Morgan fingerprint density at radius 1 is 1.13 bits per heavy atom. The second-order valence-corrected chi connectivity index (χ2v) is 10.5. The van der Waals surface area contributed by atoms with E-state index in [9.17, 15) is 23.1 Å². The van der Waals surface area contributed by atoms with Gasteiger partial charge in [-0.1, -0.05) is 12.1 Å². The van der Waals surface area contributed by atoms with Crippen LogP contribution in [0.4, 0.5) is 19.0 Å². The number of benzene rings is 2. The van der Waals surface area contributed by atoms with E-state index in [2.05, 4.69) is 15.3 Å². The summed E-state index contributed by atoms with van der Waals surface area (Å²) in [7, 11) is 0. The smallest absolute Gasteiger partial charge is 0.416 e. The van der Waals surface area contributed by atoms with Crippen LogP contribution in [0.25, 0.3) is 32.6 Å². The van der Waals surface area contributed by atoms with Gasteiger partial charge in [0.25, 0.3) is 0 Å². The number of carboxylic acid groups (broad SMARTS) is 1. The van der Waals surface area contributed by atoms with Gasteiger partial charge >= 0.3 is 12.1 Å². The van der Waals surface area contributed by atoms with Crippen LogP contribution in [-0.4, -0.2) is 36.6 Å². The molecule has 0 radical (unpaired) electrons. The highest BCUT2D eigenvalue weighted by Crippen LogP contribution is 2.37. The zero-order chi connectivity index (χ0) is 26.6. The molecule has 1 fully saturated rings. The molecule has 0 amide bonds. The van der Waals surface area contributed by atoms with E-state index in [4.69, 9.17) is 4.98 Å². The molecule has 1 atom stereocenters. The molecule has 38 heavy (non-hydrogen) atoms. The molecule has 194 valence electrons. The number of anilines is 1. The number of carboxylic acids is 1. The normalized spacial score (nSPS) is 14.7. The third-order valence-corrected chi connectivity index (χ3v) is 7.72. The van der Waals surface area contributed by atoms with Crippen LogP contribution in [0.1, 0.15) is 41.5 Å². The minimum absolute atomic E-state index is 0.0507. The highest BCUT2D eigenvalue weighted by Gasteiger charge is 2.31. The van der Waals surface area contributed by atoms with E-state index in [1.165, 1.54) is 12.1 Å². The molecule has 0 unspecified atom stereocenters. The van der Waals surface area contributed by atoms with Gasteiger partial charge in [-0.2, -0.15) is 13.2 Å². The second kappa shape index (κ2) is 9.09. The summed E-state index contributed by atoms with van der Waals surface area (Å²) in [6, 6.07) is 12.9. The SMILES string of the molecule is C[C@@H](Nc1nc(C(=O)O)nc2nc(-c3ccc4sccc4c3)n(Cc3ccc(C(F)(F)F)cc3)c12)C1CC1. The molecular formula is C27H22F3N5O2S. The Bertz CT molecular complexity index is 1670. The first kappa shape index (κ1) is 24.4. The fraction of sp³-hybridized carbons (Fsp3) is 0.259. The molecule has 2 N–H and O–H groups in total. The fourth-order valence-electron chi connectivity index (χ4n) is 4.62. The van der Waals surface area contributed by atoms with Crippen molar-refractivity contribution in [3.63, 3.8) is 0 Å². The number of imidazole rings is 1. The number of thiophene rings is 1. The highest BCUT2D eigenvalue weighted by atomic mass is 32.1. The molecule has 7 nitrogen and oxygen atoms in total. The number of nitrogens with one attached hydrogen (secondary N) is 1. The standard InChI is InChI=1S/C27H22F3N5O2S/c1-14(16-4-5-16)31-22-21-23(33-24(32-22)26(36)37)34-25(18-6-9-20-17(12-18)10-11-38-20)35(21)13-15-2-7-19(8-3-15)27(28,29)30/h2-3,6-12,14,16H,4-5,13H2,1H3,(H,36,37)(H,31,32,33)/t14-/m1/s1. The van der Waals surface area contributed by atoms with Crippen molar-refractivity contribution < 1.29 is 23.1 Å². The number of aromatic carboxylic acids is 1. The molecular weight excluding hydrogens is 515 g/mol. The van der Waals surface area contributed by atoms with E-state index in [-0.39, 0.29) is 24.1 Å². The topological polar surface area (TPSA) is 92.9 Å². The van der Waals surface area contributed by atoms with Crippen molar-refractivity contribution in [2.75, 3.05) is 5.32 Å². The van der Waals surface area contributed by atoms with Crippen molar-refractivity contribution >= 4 is 44.4 Å². The van der Waals surface area contributed by atoms with Gasteiger partial charge in [0.2, 0.25) is 5.82 Å². The average molecular weight is 538 g/mol. The first-order chi connectivity index (χ1) is 18.2. The highest BCUT2D eigenvalue weighted by molar-refractivity contribution is 7.17. The predicted molar refractivity (Wildman–Crippen MR) is 139 cm³/mol. The van der Waals surface area contributed by atoms with Crippen molar-refractivity contribution in [2.45, 2.75) is 38.5 Å². The number of carbonyl (C=O) groups is 1. The Hall–Kier alpha value is -3.99. The van der Waals surface area contributed by atoms with E-state index in [0.717, 1.165) is 40.6 Å². The molecule has 1 saturated carbocycles. The molecule has 5 aromatic rings. The summed E-state index contributed by atoms with van der Waals surface area (Å²) in [5.74, 6) is -0.323. The Labute approximate surface area is 219 Å². The van der Waals surface area contributed by atoms with Gasteiger partial charge < -0.3 is 15.0 Å². The largest absolute Gasteiger partial charge is 0.475 e. The summed E-state index contributed by atoms with van der Waals surface area (Å²) < 4.78 is 42.4. The van der Waals surface area contributed by atoms with E-state index in [1.807, 2.05) is 41.1 Å². The lowest BCUT2D eigenvalue weighted by molar-refractivity contribution is -0.137. The fourth-order valence-corrected chi connectivity index (χ4v) is 5.39. The van der Waals surface area contributed by atoms with Crippen LogP contribution in [0.15, 0.2) is 53.9 Å². The Kier molecular flexibility index (Phi) is 5.82. The Balaban J connectivity index is 1.54. The maximum atomic E-state index is 13.2. The van der Waals surface area contributed by atoms with E-state index >= 15 is 0 Å². The van der Waals surface area contributed by atoms with Gasteiger partial charge in [0.1, 0.15) is 11.3 Å². The van der Waals surface area contributed by atoms with Crippen LogP contribution in [0, 0.1) is 5.92 Å². The van der Waals surface area contributed by atoms with Crippen LogP contribution >= 0.6 is 11.3 Å². The van der Waals surface area contributed by atoms with Crippen molar-refractivity contribution in [3.8, 4) is 11.4 Å². The number of nitrogens with zero attached hydrogens (tertiary/aromatic N) is 4. The molecule has 1 aliphatic carbocycles. The van der Waals surface area contributed by atoms with Crippen molar-refractivity contribution in [1.29, 1.82) is 0 Å². The van der Waals surface area contributed by atoms with Gasteiger partial charge in [-0.05, 0) is 78.4 Å².